The molecule has 0 aromatic carbocycles. The van der Waals surface area contributed by atoms with Gasteiger partial charge in [0.2, 0.25) is 0 Å². The maximum Gasteiger partial charge on any atom is 0.0182 e. The first-order valence-electron chi connectivity index (χ1n) is 5.19. The first kappa shape index (κ1) is 8.31. The molecule has 1 heteroatoms. The highest BCUT2D eigenvalue weighted by Gasteiger charge is 2.42. The zero-order valence-corrected chi connectivity index (χ0v) is 7.97. The molecule has 0 aromatic rings. The second-order valence-electron chi connectivity index (χ2n) is 4.38. The fourth-order valence-electron chi connectivity index (χ4n) is 2.30. The molecule has 1 nitrogen and oxygen atoms in total. The van der Waals surface area contributed by atoms with Crippen LogP contribution in [0.1, 0.15) is 38.5 Å². The van der Waals surface area contributed by atoms with Crippen molar-refractivity contribution in [3.63, 3.8) is 0 Å². The summed E-state index contributed by atoms with van der Waals surface area (Å²) in [4.78, 5) is 0. The second-order valence-corrected chi connectivity index (χ2v) is 4.38. The maximum absolute atomic E-state index is 3.48. The van der Waals surface area contributed by atoms with Gasteiger partial charge >= 0.3 is 0 Å². The van der Waals surface area contributed by atoms with Crippen LogP contribution < -0.4 is 5.32 Å². The number of rotatable bonds is 3. The first-order chi connectivity index (χ1) is 5.85. The summed E-state index contributed by atoms with van der Waals surface area (Å²) in [6.45, 7) is 0. The summed E-state index contributed by atoms with van der Waals surface area (Å²) in [7, 11) is 2.12. The molecule has 2 aliphatic carbocycles. The topological polar surface area (TPSA) is 12.0 Å². The van der Waals surface area contributed by atoms with E-state index in [2.05, 4.69) is 24.5 Å². The molecule has 2 rings (SSSR count). The van der Waals surface area contributed by atoms with Gasteiger partial charge in [-0.1, -0.05) is 12.2 Å². The van der Waals surface area contributed by atoms with Crippen molar-refractivity contribution in [2.75, 3.05) is 7.05 Å². The van der Waals surface area contributed by atoms with Gasteiger partial charge in [-0.3, -0.25) is 0 Å². The molecular formula is C11H19N. The van der Waals surface area contributed by atoms with Crippen LogP contribution in [0, 0.1) is 5.92 Å². The summed E-state index contributed by atoms with van der Waals surface area (Å²) < 4.78 is 0. The number of hydrogen-bond donors (Lipinski definition) is 1. The van der Waals surface area contributed by atoms with Crippen LogP contribution in [0.25, 0.3) is 0 Å². The summed E-state index contributed by atoms with van der Waals surface area (Å²) >= 11 is 0. The highest BCUT2D eigenvalue weighted by molar-refractivity contribution is 5.04. The molecule has 0 saturated heterocycles. The molecule has 0 heterocycles. The Morgan fingerprint density at radius 3 is 2.75 bits per heavy atom. The number of nitrogens with one attached hydrogen (secondary N) is 1. The van der Waals surface area contributed by atoms with E-state index >= 15 is 0 Å². The largest absolute Gasteiger partial charge is 0.314 e. The monoisotopic (exact) mass is 165 g/mol. The quantitative estimate of drug-likeness (QED) is 0.633. The van der Waals surface area contributed by atoms with Crippen molar-refractivity contribution >= 4 is 0 Å². The minimum atomic E-state index is 0.565. The first-order valence-corrected chi connectivity index (χ1v) is 5.19. The van der Waals surface area contributed by atoms with E-state index in [1.807, 2.05) is 0 Å². The van der Waals surface area contributed by atoms with Crippen LogP contribution in [0.15, 0.2) is 12.2 Å². The molecular weight excluding hydrogens is 146 g/mol. The summed E-state index contributed by atoms with van der Waals surface area (Å²) in [5, 5.41) is 3.48. The van der Waals surface area contributed by atoms with Crippen LogP contribution in [0.5, 0.6) is 0 Å². The molecule has 0 bridgehead atoms. The molecule has 2 aliphatic rings. The molecule has 1 N–H and O–H groups in total. The van der Waals surface area contributed by atoms with Crippen LogP contribution >= 0.6 is 0 Å². The zero-order valence-electron chi connectivity index (χ0n) is 7.97. The Balaban J connectivity index is 1.82. The predicted octanol–water partition coefficient (Wildman–Crippen LogP) is 2.48. The van der Waals surface area contributed by atoms with Gasteiger partial charge in [0.15, 0.2) is 0 Å². The van der Waals surface area contributed by atoms with Gasteiger partial charge in [-0.05, 0) is 51.5 Å². The molecule has 0 radical (unpaired) electrons. The summed E-state index contributed by atoms with van der Waals surface area (Å²) in [5.74, 6) is 0.963. The Bertz CT molecular complexity index is 179. The van der Waals surface area contributed by atoms with Crippen LogP contribution in [-0.2, 0) is 0 Å². The van der Waals surface area contributed by atoms with E-state index in [1.165, 1.54) is 38.5 Å². The Hall–Kier alpha value is -0.300. The van der Waals surface area contributed by atoms with Crippen molar-refractivity contribution in [3.05, 3.63) is 12.2 Å². The fraction of sp³-hybridized carbons (Fsp3) is 0.818. The van der Waals surface area contributed by atoms with Crippen molar-refractivity contribution in [1.82, 2.24) is 5.32 Å². The highest BCUT2D eigenvalue weighted by Crippen LogP contribution is 2.42. The van der Waals surface area contributed by atoms with Crippen molar-refractivity contribution in [2.45, 2.75) is 44.1 Å². The molecule has 1 fully saturated rings. The molecule has 0 aromatic heterocycles. The lowest BCUT2D eigenvalue weighted by Crippen LogP contribution is -2.30. The molecule has 1 unspecified atom stereocenters. The lowest BCUT2D eigenvalue weighted by molar-refractivity contribution is 0.361. The van der Waals surface area contributed by atoms with E-state index in [-0.39, 0.29) is 0 Å². The minimum Gasteiger partial charge on any atom is -0.314 e. The van der Waals surface area contributed by atoms with E-state index in [1.54, 1.807) is 0 Å². The lowest BCUT2D eigenvalue weighted by Gasteiger charge is -2.23. The van der Waals surface area contributed by atoms with Gasteiger partial charge in [0.25, 0.3) is 0 Å². The van der Waals surface area contributed by atoms with Crippen LogP contribution in [0.3, 0.4) is 0 Å². The van der Waals surface area contributed by atoms with Gasteiger partial charge in [-0.2, -0.15) is 0 Å². The second kappa shape index (κ2) is 3.21. The SMILES string of the molecule is CNC1(CC2CC=CCC2)CC1. The Kier molecular flexibility index (Phi) is 2.22. The minimum absolute atomic E-state index is 0.565. The van der Waals surface area contributed by atoms with Crippen molar-refractivity contribution < 1.29 is 0 Å². The maximum atomic E-state index is 3.48. The van der Waals surface area contributed by atoms with Crippen molar-refractivity contribution in [3.8, 4) is 0 Å². The van der Waals surface area contributed by atoms with Crippen LogP contribution in [0.2, 0.25) is 0 Å². The van der Waals surface area contributed by atoms with Crippen molar-refractivity contribution in [1.29, 1.82) is 0 Å². The third kappa shape index (κ3) is 1.71. The molecule has 0 amide bonds. The lowest BCUT2D eigenvalue weighted by atomic mass is 9.87. The standard InChI is InChI=1S/C11H19N/c1-12-11(7-8-11)9-10-5-3-2-4-6-10/h2-3,10,12H,4-9H2,1H3. The van der Waals surface area contributed by atoms with Gasteiger partial charge < -0.3 is 5.32 Å². The third-order valence-corrected chi connectivity index (χ3v) is 3.44. The van der Waals surface area contributed by atoms with Gasteiger partial charge in [-0.25, -0.2) is 0 Å². The molecule has 12 heavy (non-hydrogen) atoms. The zero-order chi connectivity index (χ0) is 8.44. The number of allylic oxidation sites excluding steroid dienone is 2. The average Bonchev–Trinajstić information content (AvgIpc) is 2.88. The molecule has 1 atom stereocenters. The highest BCUT2D eigenvalue weighted by atomic mass is 15.0. The van der Waals surface area contributed by atoms with Gasteiger partial charge in [0.1, 0.15) is 0 Å². The average molecular weight is 165 g/mol. The van der Waals surface area contributed by atoms with Crippen LogP contribution in [-0.4, -0.2) is 12.6 Å². The fourth-order valence-corrected chi connectivity index (χ4v) is 2.30. The van der Waals surface area contributed by atoms with Gasteiger partial charge in [0.05, 0.1) is 0 Å². The Morgan fingerprint density at radius 1 is 1.42 bits per heavy atom. The Labute approximate surface area is 75.2 Å². The van der Waals surface area contributed by atoms with Crippen molar-refractivity contribution in [2.24, 2.45) is 5.92 Å². The van der Waals surface area contributed by atoms with E-state index in [4.69, 9.17) is 0 Å². The number of hydrogen-bond acceptors (Lipinski definition) is 1. The van der Waals surface area contributed by atoms with E-state index in [9.17, 15) is 0 Å². The summed E-state index contributed by atoms with van der Waals surface area (Å²) in [6.07, 6.45) is 13.0. The predicted molar refractivity (Wildman–Crippen MR) is 52.1 cm³/mol. The van der Waals surface area contributed by atoms with Crippen LogP contribution in [0.4, 0.5) is 0 Å². The molecule has 68 valence electrons. The van der Waals surface area contributed by atoms with E-state index in [0.29, 0.717) is 5.54 Å². The van der Waals surface area contributed by atoms with Gasteiger partial charge in [0, 0.05) is 5.54 Å². The van der Waals surface area contributed by atoms with E-state index < -0.39 is 0 Å². The molecule has 1 saturated carbocycles. The normalized spacial score (nSPS) is 31.9. The molecule has 0 aliphatic heterocycles. The van der Waals surface area contributed by atoms with E-state index in [0.717, 1.165) is 5.92 Å². The summed E-state index contributed by atoms with van der Waals surface area (Å²) in [5.41, 5.74) is 0.565. The van der Waals surface area contributed by atoms with Gasteiger partial charge in [-0.15, -0.1) is 0 Å². The smallest absolute Gasteiger partial charge is 0.0182 e. The third-order valence-electron chi connectivity index (χ3n) is 3.44. The summed E-state index contributed by atoms with van der Waals surface area (Å²) in [6, 6.07) is 0. The Morgan fingerprint density at radius 2 is 2.25 bits per heavy atom. The molecule has 0 spiro atoms.